The van der Waals surface area contributed by atoms with Crippen LogP contribution in [0.15, 0.2) is 12.2 Å². The maximum atomic E-state index is 13.0. The lowest BCUT2D eigenvalue weighted by molar-refractivity contribution is -0.140. The summed E-state index contributed by atoms with van der Waals surface area (Å²) in [5.74, 6) is -5.64. The summed E-state index contributed by atoms with van der Waals surface area (Å²) in [5.41, 5.74) is 0. The number of carbonyl (C=O) groups is 8. The van der Waals surface area contributed by atoms with Crippen LogP contribution in [0.25, 0.3) is 0 Å². The van der Waals surface area contributed by atoms with Crippen molar-refractivity contribution in [2.45, 2.75) is 39.2 Å². The molecule has 0 aromatic rings. The Hall–Kier alpha value is -4.26. The van der Waals surface area contributed by atoms with Gasteiger partial charge < -0.3 is 26.0 Å². The largest absolute Gasteiger partial charge is 0.480 e. The van der Waals surface area contributed by atoms with Gasteiger partial charge in [0, 0.05) is 77.5 Å². The summed E-state index contributed by atoms with van der Waals surface area (Å²) in [6, 6.07) is -0.834. The molecular weight excluding hydrogens is 646 g/mol. The van der Waals surface area contributed by atoms with E-state index in [0.29, 0.717) is 6.42 Å². The topological polar surface area (TPSA) is 238 Å². The molecule has 2 aliphatic heterocycles. The second-order valence-corrected chi connectivity index (χ2v) is 12.2. The van der Waals surface area contributed by atoms with Gasteiger partial charge >= 0.3 is 17.9 Å². The predicted octanol–water partition coefficient (Wildman–Crippen LogP) is -2.62. The zero-order chi connectivity index (χ0) is 36.5. The van der Waals surface area contributed by atoms with Gasteiger partial charge in [-0.05, 0) is 12.3 Å². The minimum absolute atomic E-state index is 0.0308. The lowest BCUT2D eigenvalue weighted by Crippen LogP contribution is -2.51. The molecule has 0 aromatic carbocycles. The number of imide groups is 1. The van der Waals surface area contributed by atoms with Crippen molar-refractivity contribution >= 4 is 47.3 Å². The molecule has 0 spiro atoms. The van der Waals surface area contributed by atoms with Gasteiger partial charge in [-0.25, -0.2) is 0 Å². The monoisotopic (exact) mass is 695 g/mol. The van der Waals surface area contributed by atoms with E-state index >= 15 is 0 Å². The number of carboxylic acids is 3. The van der Waals surface area contributed by atoms with E-state index in [1.54, 1.807) is 26.5 Å². The van der Waals surface area contributed by atoms with Gasteiger partial charge in [-0.2, -0.15) is 0 Å². The van der Waals surface area contributed by atoms with Crippen LogP contribution >= 0.6 is 0 Å². The minimum Gasteiger partial charge on any atom is -0.480 e. The van der Waals surface area contributed by atoms with E-state index < -0.39 is 54.1 Å². The van der Waals surface area contributed by atoms with E-state index in [1.165, 1.54) is 12.2 Å². The lowest BCUT2D eigenvalue weighted by atomic mass is 9.93. The Labute approximate surface area is 285 Å². The highest BCUT2D eigenvalue weighted by atomic mass is 16.4. The second-order valence-electron chi connectivity index (χ2n) is 12.2. The molecule has 4 amide bonds. The number of Topliss-reactive ketones (excluding diaryl/α,β-unsaturated/α-hetero) is 1. The highest BCUT2D eigenvalue weighted by molar-refractivity contribution is 6.12. The van der Waals surface area contributed by atoms with Crippen LogP contribution in [0.3, 0.4) is 0 Å². The number of aliphatic carboxylic acids is 3. The normalized spacial score (nSPS) is 18.7. The van der Waals surface area contributed by atoms with Crippen molar-refractivity contribution in [1.29, 1.82) is 0 Å². The van der Waals surface area contributed by atoms with E-state index in [-0.39, 0.29) is 110 Å². The van der Waals surface area contributed by atoms with Crippen LogP contribution in [-0.2, 0) is 38.4 Å². The van der Waals surface area contributed by atoms with Gasteiger partial charge in [0.2, 0.25) is 11.8 Å². The first-order valence-corrected chi connectivity index (χ1v) is 16.4. The zero-order valence-electron chi connectivity index (χ0n) is 28.2. The Morgan fingerprint density at radius 3 is 1.49 bits per heavy atom. The number of hydrogen-bond acceptors (Lipinski definition) is 12. The van der Waals surface area contributed by atoms with Crippen LogP contribution < -0.4 is 10.6 Å². The lowest BCUT2D eigenvalue weighted by Gasteiger charge is -2.32. The SMILES string of the molecule is CC[C@H](C)[C@H](NC(=O)CNC(=O)CN1CCN(CC(=O)O)CCN(CC(=O)O)CCN(CC(=O)O)CC1)C(=O)CCCN1C(=O)C=CC1=O. The standard InChI is InChI=1S/C31H49N7O11/c1-3-22(2)31(23(39)5-4-8-38-26(42)6-7-27(38)43)33-24(40)17-32-25(41)18-34-9-11-35(19-28(44)45)13-15-37(21-30(48)49)16-14-36(12-10-34)20-29(46)47/h6-7,22,31H,3-5,8-21H2,1-2H3,(H,32,41)(H,33,40)(H,44,45)(H,46,47)(H,48,49)/t22-,31-/m0/s1. The van der Waals surface area contributed by atoms with Gasteiger partial charge in [-0.15, -0.1) is 0 Å². The molecule has 2 rings (SSSR count). The van der Waals surface area contributed by atoms with E-state index in [2.05, 4.69) is 10.6 Å². The molecule has 274 valence electrons. The molecule has 49 heavy (non-hydrogen) atoms. The average Bonchev–Trinajstić information content (AvgIpc) is 3.35. The number of rotatable bonds is 18. The molecule has 2 atom stereocenters. The molecule has 0 bridgehead atoms. The van der Waals surface area contributed by atoms with Crippen molar-refractivity contribution in [3.05, 3.63) is 12.2 Å². The summed E-state index contributed by atoms with van der Waals surface area (Å²) < 4.78 is 0. The fourth-order valence-corrected chi connectivity index (χ4v) is 5.44. The number of ketones is 1. The maximum Gasteiger partial charge on any atom is 0.317 e. The molecule has 18 heteroatoms. The molecule has 5 N–H and O–H groups in total. The molecule has 0 saturated carbocycles. The third-order valence-corrected chi connectivity index (χ3v) is 8.40. The number of hydrogen-bond donors (Lipinski definition) is 5. The first-order chi connectivity index (χ1) is 23.2. The molecule has 2 heterocycles. The van der Waals surface area contributed by atoms with Gasteiger partial charge in [0.05, 0.1) is 38.8 Å². The maximum absolute atomic E-state index is 13.0. The van der Waals surface area contributed by atoms with Crippen molar-refractivity contribution in [3.8, 4) is 0 Å². The summed E-state index contributed by atoms with van der Waals surface area (Å²) in [4.78, 5) is 104. The van der Waals surface area contributed by atoms with Gasteiger partial charge in [-0.3, -0.25) is 62.9 Å². The number of amides is 4. The van der Waals surface area contributed by atoms with Crippen LogP contribution in [0.1, 0.15) is 33.1 Å². The minimum atomic E-state index is -1.07. The van der Waals surface area contributed by atoms with Crippen molar-refractivity contribution in [1.82, 2.24) is 35.1 Å². The van der Waals surface area contributed by atoms with E-state index in [4.69, 9.17) is 0 Å². The van der Waals surface area contributed by atoms with Crippen molar-refractivity contribution < 1.29 is 53.7 Å². The fourth-order valence-electron chi connectivity index (χ4n) is 5.44. The quantitative estimate of drug-likeness (QED) is 0.0924. The molecule has 0 aromatic heterocycles. The molecule has 0 radical (unpaired) electrons. The summed E-state index contributed by atoms with van der Waals surface area (Å²) >= 11 is 0. The Balaban J connectivity index is 1.99. The smallest absolute Gasteiger partial charge is 0.317 e. The van der Waals surface area contributed by atoms with Gasteiger partial charge in [0.15, 0.2) is 5.78 Å². The number of nitrogens with zero attached hydrogens (tertiary/aromatic N) is 5. The van der Waals surface area contributed by atoms with Crippen molar-refractivity contribution in [2.24, 2.45) is 5.92 Å². The Kier molecular flexibility index (Phi) is 17.5. The van der Waals surface area contributed by atoms with E-state index in [0.717, 1.165) is 4.90 Å². The van der Waals surface area contributed by atoms with Crippen LogP contribution in [0.5, 0.6) is 0 Å². The first-order valence-electron chi connectivity index (χ1n) is 16.4. The summed E-state index contributed by atoms with van der Waals surface area (Å²) in [7, 11) is 0. The fraction of sp³-hybridized carbons (Fsp3) is 0.677. The molecule has 18 nitrogen and oxygen atoms in total. The summed E-state index contributed by atoms with van der Waals surface area (Å²) in [6.45, 7) is 4.19. The molecule has 1 fully saturated rings. The third-order valence-electron chi connectivity index (χ3n) is 8.40. The highest BCUT2D eigenvalue weighted by Crippen LogP contribution is 2.13. The average molecular weight is 696 g/mol. The number of carbonyl (C=O) groups excluding carboxylic acids is 5. The van der Waals surface area contributed by atoms with Gasteiger partial charge in [-0.1, -0.05) is 20.3 Å². The second kappa shape index (κ2) is 21.0. The van der Waals surface area contributed by atoms with Crippen molar-refractivity contribution in [2.75, 3.05) is 91.6 Å². The molecule has 0 aliphatic carbocycles. The molecular formula is C31H49N7O11. The number of nitrogens with one attached hydrogen (secondary N) is 2. The molecule has 1 saturated heterocycles. The van der Waals surface area contributed by atoms with Crippen LogP contribution in [0.2, 0.25) is 0 Å². The van der Waals surface area contributed by atoms with E-state index in [1.807, 2.05) is 6.92 Å². The molecule has 0 unspecified atom stereocenters. The predicted molar refractivity (Wildman–Crippen MR) is 173 cm³/mol. The van der Waals surface area contributed by atoms with E-state index in [9.17, 15) is 53.7 Å². The van der Waals surface area contributed by atoms with Crippen molar-refractivity contribution in [3.63, 3.8) is 0 Å². The molecule has 2 aliphatic rings. The Morgan fingerprint density at radius 2 is 1.10 bits per heavy atom. The Morgan fingerprint density at radius 1 is 0.694 bits per heavy atom. The van der Waals surface area contributed by atoms with Gasteiger partial charge in [0.25, 0.3) is 11.8 Å². The van der Waals surface area contributed by atoms with Gasteiger partial charge in [0.1, 0.15) is 0 Å². The Bertz CT molecular complexity index is 1190. The first kappa shape index (κ1) is 40.9. The third kappa shape index (κ3) is 15.7. The van der Waals surface area contributed by atoms with Crippen LogP contribution in [0, 0.1) is 5.92 Å². The summed E-state index contributed by atoms with van der Waals surface area (Å²) in [6.07, 6.45) is 3.19. The van der Waals surface area contributed by atoms with Crippen LogP contribution in [0.4, 0.5) is 0 Å². The highest BCUT2D eigenvalue weighted by Gasteiger charge is 2.28. The van der Waals surface area contributed by atoms with Crippen LogP contribution in [-0.4, -0.2) is 185 Å². The number of carboxylic acid groups (broad SMARTS) is 3. The zero-order valence-corrected chi connectivity index (χ0v) is 28.2. The summed E-state index contributed by atoms with van der Waals surface area (Å²) in [5, 5.41) is 33.3.